The molecule has 0 saturated heterocycles. The van der Waals surface area contributed by atoms with Crippen LogP contribution in [-0.2, 0) is 16.0 Å². The number of ketones is 1. The number of rotatable bonds is 7. The van der Waals surface area contributed by atoms with Gasteiger partial charge in [0.05, 0.1) is 6.61 Å². The average molecular weight is 280 g/mol. The summed E-state index contributed by atoms with van der Waals surface area (Å²) in [5.74, 6) is -0.660. The zero-order valence-electron chi connectivity index (χ0n) is 11.1. The molecule has 1 aromatic carbocycles. The molecule has 0 fully saturated rings. The van der Waals surface area contributed by atoms with E-state index in [0.29, 0.717) is 0 Å². The second-order valence-electron chi connectivity index (χ2n) is 4.06. The minimum atomic E-state index is -0.971. The molecule has 0 aliphatic rings. The Morgan fingerprint density at radius 3 is 2.55 bits per heavy atom. The summed E-state index contributed by atoms with van der Waals surface area (Å²) in [6.07, 6.45) is -0.572. The Labute approximate surface area is 116 Å². The first-order valence-corrected chi connectivity index (χ1v) is 6.14. The number of carbonyl (C=O) groups is 2. The lowest BCUT2D eigenvalue weighted by atomic mass is 10.0. The molecule has 0 saturated carbocycles. The number of hydrogen-bond acceptors (Lipinski definition) is 5. The van der Waals surface area contributed by atoms with Crippen molar-refractivity contribution in [3.63, 3.8) is 0 Å². The average Bonchev–Trinajstić information content (AvgIpc) is 2.38. The van der Waals surface area contributed by atoms with E-state index in [9.17, 15) is 19.7 Å². The van der Waals surface area contributed by atoms with Crippen LogP contribution in [-0.4, -0.2) is 36.0 Å². The highest BCUT2D eigenvalue weighted by atomic mass is 16.6. The molecule has 0 unspecified atom stereocenters. The van der Waals surface area contributed by atoms with Gasteiger partial charge in [-0.05, 0) is 12.5 Å². The summed E-state index contributed by atoms with van der Waals surface area (Å²) in [5, 5.41) is 12.8. The van der Waals surface area contributed by atoms with Crippen LogP contribution in [0.3, 0.4) is 0 Å². The van der Waals surface area contributed by atoms with Crippen molar-refractivity contribution in [2.75, 3.05) is 13.2 Å². The van der Waals surface area contributed by atoms with Crippen LogP contribution < -0.4 is 5.32 Å². The van der Waals surface area contributed by atoms with Gasteiger partial charge in [0.25, 0.3) is 6.54 Å². The maximum atomic E-state index is 11.8. The fraction of sp³-hybridized carbons (Fsp3) is 0.385. The smallest absolute Gasteiger partial charge is 0.407 e. The molecule has 0 aliphatic heterocycles. The minimum absolute atomic E-state index is 0.160. The first-order valence-electron chi connectivity index (χ1n) is 6.14. The Morgan fingerprint density at radius 2 is 2.00 bits per heavy atom. The lowest BCUT2D eigenvalue weighted by molar-refractivity contribution is -0.467. The molecule has 0 aliphatic carbocycles. The monoisotopic (exact) mass is 280 g/mol. The number of amides is 1. The van der Waals surface area contributed by atoms with Crippen LogP contribution in [0.2, 0.25) is 0 Å². The molecule has 7 heteroatoms. The molecule has 1 amide bonds. The molecule has 7 nitrogen and oxygen atoms in total. The van der Waals surface area contributed by atoms with Crippen LogP contribution in [0.15, 0.2) is 30.3 Å². The van der Waals surface area contributed by atoms with E-state index < -0.39 is 29.4 Å². The van der Waals surface area contributed by atoms with E-state index in [1.165, 1.54) is 0 Å². The normalized spacial score (nSPS) is 11.4. The second-order valence-corrected chi connectivity index (χ2v) is 4.06. The van der Waals surface area contributed by atoms with E-state index in [1.54, 1.807) is 31.2 Å². The highest BCUT2D eigenvalue weighted by molar-refractivity contribution is 5.88. The minimum Gasteiger partial charge on any atom is -0.450 e. The predicted octanol–water partition coefficient (Wildman–Crippen LogP) is 1.19. The number of alkyl carbamates (subject to hydrolysis) is 1. The number of nitro groups is 1. The number of Topliss-reactive ketones (excluding diaryl/α,β-unsaturated/α-hetero) is 1. The van der Waals surface area contributed by atoms with Crippen molar-refractivity contribution in [3.05, 3.63) is 46.0 Å². The SMILES string of the molecule is CCOC(=O)N[C@@H](Cc1ccccc1)C(=O)C[N+](=O)[O-]. The number of ether oxygens (including phenoxy) is 1. The zero-order valence-corrected chi connectivity index (χ0v) is 11.1. The van der Waals surface area contributed by atoms with E-state index >= 15 is 0 Å². The van der Waals surface area contributed by atoms with Gasteiger partial charge in [-0.3, -0.25) is 14.9 Å². The number of hydrogen-bond donors (Lipinski definition) is 1. The quantitative estimate of drug-likeness (QED) is 0.597. The van der Waals surface area contributed by atoms with Gasteiger partial charge in [0.1, 0.15) is 6.04 Å². The van der Waals surface area contributed by atoms with Crippen molar-refractivity contribution >= 4 is 11.9 Å². The van der Waals surface area contributed by atoms with E-state index in [-0.39, 0.29) is 13.0 Å². The van der Waals surface area contributed by atoms with Crippen LogP contribution in [0.1, 0.15) is 12.5 Å². The third kappa shape index (κ3) is 5.47. The Balaban J connectivity index is 2.75. The lowest BCUT2D eigenvalue weighted by Crippen LogP contribution is -2.45. The Hall–Kier alpha value is -2.44. The van der Waals surface area contributed by atoms with Gasteiger partial charge in [0.15, 0.2) is 0 Å². The Morgan fingerprint density at radius 1 is 1.35 bits per heavy atom. The van der Waals surface area contributed by atoms with Crippen LogP contribution in [0.4, 0.5) is 4.79 Å². The number of nitrogens with one attached hydrogen (secondary N) is 1. The standard InChI is InChI=1S/C13H16N2O5/c1-2-20-13(17)14-11(12(16)9-15(18)19)8-10-6-4-3-5-7-10/h3-7,11H,2,8-9H2,1H3,(H,14,17)/t11-/m0/s1. The summed E-state index contributed by atoms with van der Waals surface area (Å²) in [7, 11) is 0. The van der Waals surface area contributed by atoms with Crippen LogP contribution in [0.5, 0.6) is 0 Å². The third-order valence-electron chi connectivity index (χ3n) is 2.52. The molecule has 0 radical (unpaired) electrons. The fourth-order valence-electron chi connectivity index (χ4n) is 1.65. The molecule has 0 bridgehead atoms. The molecule has 20 heavy (non-hydrogen) atoms. The van der Waals surface area contributed by atoms with Crippen molar-refractivity contribution in [2.45, 2.75) is 19.4 Å². The molecule has 1 atom stereocenters. The van der Waals surface area contributed by atoms with Crippen LogP contribution in [0, 0.1) is 10.1 Å². The van der Waals surface area contributed by atoms with Gasteiger partial charge in [-0.15, -0.1) is 0 Å². The van der Waals surface area contributed by atoms with E-state index in [2.05, 4.69) is 5.32 Å². The molecule has 108 valence electrons. The molecular formula is C13H16N2O5. The van der Waals surface area contributed by atoms with Crippen molar-refractivity contribution in [1.82, 2.24) is 5.32 Å². The molecule has 0 spiro atoms. The topological polar surface area (TPSA) is 98.5 Å². The summed E-state index contributed by atoms with van der Waals surface area (Å²) in [5.41, 5.74) is 0.797. The molecule has 0 aromatic heterocycles. The van der Waals surface area contributed by atoms with Gasteiger partial charge in [-0.1, -0.05) is 30.3 Å². The summed E-state index contributed by atoms with van der Waals surface area (Å²) < 4.78 is 4.69. The maximum Gasteiger partial charge on any atom is 0.407 e. The maximum absolute atomic E-state index is 11.8. The summed E-state index contributed by atoms with van der Waals surface area (Å²) in [4.78, 5) is 32.9. The van der Waals surface area contributed by atoms with Crippen molar-refractivity contribution in [2.24, 2.45) is 0 Å². The zero-order chi connectivity index (χ0) is 15.0. The van der Waals surface area contributed by atoms with Gasteiger partial charge >= 0.3 is 6.09 Å². The number of benzene rings is 1. The number of carbonyl (C=O) groups excluding carboxylic acids is 2. The van der Waals surface area contributed by atoms with Crippen molar-refractivity contribution in [3.8, 4) is 0 Å². The summed E-state index contributed by atoms with van der Waals surface area (Å²) in [6, 6.07) is 7.97. The fourth-order valence-corrected chi connectivity index (χ4v) is 1.65. The molecule has 1 rings (SSSR count). The Kier molecular flexibility index (Phi) is 6.15. The van der Waals surface area contributed by atoms with Crippen molar-refractivity contribution < 1.29 is 19.2 Å². The van der Waals surface area contributed by atoms with Gasteiger partial charge < -0.3 is 10.1 Å². The van der Waals surface area contributed by atoms with Crippen LogP contribution >= 0.6 is 0 Å². The largest absolute Gasteiger partial charge is 0.450 e. The second kappa shape index (κ2) is 7.88. The molecule has 1 aromatic rings. The van der Waals surface area contributed by atoms with Gasteiger partial charge in [0, 0.05) is 11.3 Å². The number of nitrogens with zero attached hydrogens (tertiary/aromatic N) is 1. The highest BCUT2D eigenvalue weighted by Crippen LogP contribution is 2.05. The summed E-state index contributed by atoms with van der Waals surface area (Å²) >= 11 is 0. The van der Waals surface area contributed by atoms with E-state index in [1.807, 2.05) is 6.07 Å². The molecular weight excluding hydrogens is 264 g/mol. The van der Waals surface area contributed by atoms with Gasteiger partial charge in [0.2, 0.25) is 5.78 Å². The van der Waals surface area contributed by atoms with Gasteiger partial charge in [-0.2, -0.15) is 0 Å². The van der Waals surface area contributed by atoms with E-state index in [4.69, 9.17) is 4.74 Å². The van der Waals surface area contributed by atoms with Gasteiger partial charge in [-0.25, -0.2) is 4.79 Å². The van der Waals surface area contributed by atoms with E-state index in [0.717, 1.165) is 5.56 Å². The first-order chi connectivity index (χ1) is 9.52. The lowest BCUT2D eigenvalue weighted by Gasteiger charge is -2.15. The summed E-state index contributed by atoms with van der Waals surface area (Å²) in [6.45, 7) is 0.960. The highest BCUT2D eigenvalue weighted by Gasteiger charge is 2.25. The third-order valence-corrected chi connectivity index (χ3v) is 2.52. The Bertz CT molecular complexity index is 475. The van der Waals surface area contributed by atoms with Crippen LogP contribution in [0.25, 0.3) is 0 Å². The van der Waals surface area contributed by atoms with Crippen molar-refractivity contribution in [1.29, 1.82) is 0 Å². The predicted molar refractivity (Wildman–Crippen MR) is 71.0 cm³/mol. The first kappa shape index (κ1) is 15.6. The molecule has 1 N–H and O–H groups in total. The molecule has 0 heterocycles.